The second-order valence-electron chi connectivity index (χ2n) is 7.77. The van der Waals surface area contributed by atoms with Crippen molar-refractivity contribution in [3.8, 4) is 0 Å². The summed E-state index contributed by atoms with van der Waals surface area (Å²) in [6, 6.07) is 0.637. The zero-order valence-corrected chi connectivity index (χ0v) is 14.3. The van der Waals surface area contributed by atoms with Gasteiger partial charge in [-0.05, 0) is 25.7 Å². The summed E-state index contributed by atoms with van der Waals surface area (Å²) in [6.07, 6.45) is 7.68. The van der Waals surface area contributed by atoms with Crippen molar-refractivity contribution in [3.05, 3.63) is 0 Å². The fraction of sp³-hybridized carbons (Fsp3) is 0.882. The van der Waals surface area contributed by atoms with Crippen LogP contribution in [0.4, 0.5) is 4.79 Å². The summed E-state index contributed by atoms with van der Waals surface area (Å²) in [7, 11) is 0. The molecule has 0 unspecified atom stereocenters. The van der Waals surface area contributed by atoms with Crippen molar-refractivity contribution in [1.82, 2.24) is 15.5 Å². The van der Waals surface area contributed by atoms with E-state index in [9.17, 15) is 9.59 Å². The molecule has 1 heterocycles. The van der Waals surface area contributed by atoms with E-state index in [4.69, 9.17) is 0 Å². The van der Waals surface area contributed by atoms with Crippen LogP contribution in [0.15, 0.2) is 0 Å². The number of hydrogen-bond acceptors (Lipinski definition) is 2. The summed E-state index contributed by atoms with van der Waals surface area (Å²) >= 11 is 0. The third-order valence-electron chi connectivity index (χ3n) is 4.73. The number of carbonyl (C=O) groups excluding carboxylic acids is 2. The first-order chi connectivity index (χ1) is 10.4. The first kappa shape index (κ1) is 17.1. The molecule has 0 bridgehead atoms. The maximum absolute atomic E-state index is 12.3. The lowest BCUT2D eigenvalue weighted by molar-refractivity contribution is -0.129. The lowest BCUT2D eigenvalue weighted by atomic mass is 9.94. The van der Waals surface area contributed by atoms with Gasteiger partial charge in [0.25, 0.3) is 0 Å². The highest BCUT2D eigenvalue weighted by molar-refractivity contribution is 5.81. The number of piperidine rings is 1. The van der Waals surface area contributed by atoms with E-state index in [2.05, 4.69) is 10.6 Å². The molecule has 22 heavy (non-hydrogen) atoms. The Morgan fingerprint density at radius 2 is 1.41 bits per heavy atom. The average Bonchev–Trinajstić information content (AvgIpc) is 2.48. The molecule has 0 radical (unpaired) electrons. The molecule has 1 aliphatic carbocycles. The van der Waals surface area contributed by atoms with Gasteiger partial charge in [-0.1, -0.05) is 40.0 Å². The SMILES string of the molecule is CC(C)(C)C(=O)NC1CCN(C(=O)NC2CCCCC2)CC1. The molecule has 2 N–H and O–H groups in total. The molecule has 2 fully saturated rings. The van der Waals surface area contributed by atoms with Gasteiger partial charge in [-0.25, -0.2) is 4.79 Å². The van der Waals surface area contributed by atoms with Gasteiger partial charge in [-0.15, -0.1) is 0 Å². The number of likely N-dealkylation sites (tertiary alicyclic amines) is 1. The highest BCUT2D eigenvalue weighted by Crippen LogP contribution is 2.19. The van der Waals surface area contributed by atoms with Gasteiger partial charge in [0, 0.05) is 30.6 Å². The standard InChI is InChI=1S/C17H31N3O2/c1-17(2,3)15(21)18-14-9-11-20(12-10-14)16(22)19-13-7-5-4-6-8-13/h13-14H,4-12H2,1-3H3,(H,18,21)(H,19,22). The molecule has 1 saturated heterocycles. The predicted molar refractivity (Wildman–Crippen MR) is 87.6 cm³/mol. The molecule has 0 aromatic heterocycles. The largest absolute Gasteiger partial charge is 0.353 e. The molecule has 0 spiro atoms. The van der Waals surface area contributed by atoms with Gasteiger partial charge in [-0.3, -0.25) is 4.79 Å². The van der Waals surface area contributed by atoms with E-state index in [0.717, 1.165) is 38.8 Å². The molecule has 0 atom stereocenters. The van der Waals surface area contributed by atoms with Crippen LogP contribution in [0.5, 0.6) is 0 Å². The predicted octanol–water partition coefficient (Wildman–Crippen LogP) is 2.66. The van der Waals surface area contributed by atoms with Crippen LogP contribution in [0.3, 0.4) is 0 Å². The van der Waals surface area contributed by atoms with Crippen LogP contribution >= 0.6 is 0 Å². The van der Waals surface area contributed by atoms with E-state index >= 15 is 0 Å². The molecular weight excluding hydrogens is 278 g/mol. The topological polar surface area (TPSA) is 61.4 Å². The Hall–Kier alpha value is -1.26. The second kappa shape index (κ2) is 7.34. The third kappa shape index (κ3) is 4.89. The number of amides is 3. The average molecular weight is 309 g/mol. The Balaban J connectivity index is 1.72. The van der Waals surface area contributed by atoms with Crippen molar-refractivity contribution >= 4 is 11.9 Å². The lowest BCUT2D eigenvalue weighted by Gasteiger charge is -2.35. The van der Waals surface area contributed by atoms with Gasteiger partial charge in [0.1, 0.15) is 0 Å². The molecule has 5 nitrogen and oxygen atoms in total. The third-order valence-corrected chi connectivity index (χ3v) is 4.73. The first-order valence-electron chi connectivity index (χ1n) is 8.72. The molecule has 1 saturated carbocycles. The van der Waals surface area contributed by atoms with Crippen LogP contribution in [-0.2, 0) is 4.79 Å². The monoisotopic (exact) mass is 309 g/mol. The number of nitrogens with zero attached hydrogens (tertiary/aromatic N) is 1. The van der Waals surface area contributed by atoms with Crippen molar-refractivity contribution in [1.29, 1.82) is 0 Å². The van der Waals surface area contributed by atoms with E-state index in [1.54, 1.807) is 0 Å². The van der Waals surface area contributed by atoms with Crippen LogP contribution in [0.1, 0.15) is 65.7 Å². The minimum atomic E-state index is -0.352. The van der Waals surface area contributed by atoms with Crippen LogP contribution < -0.4 is 10.6 Å². The highest BCUT2D eigenvalue weighted by atomic mass is 16.2. The molecule has 0 aromatic rings. The van der Waals surface area contributed by atoms with Gasteiger partial charge in [0.2, 0.25) is 5.91 Å². The van der Waals surface area contributed by atoms with Crippen LogP contribution in [-0.4, -0.2) is 42.0 Å². The van der Waals surface area contributed by atoms with Crippen molar-refractivity contribution in [2.75, 3.05) is 13.1 Å². The van der Waals surface area contributed by atoms with E-state index in [1.807, 2.05) is 25.7 Å². The minimum absolute atomic E-state index is 0.0764. The number of rotatable bonds is 2. The quantitative estimate of drug-likeness (QED) is 0.824. The van der Waals surface area contributed by atoms with Gasteiger partial charge >= 0.3 is 6.03 Å². The number of nitrogens with one attached hydrogen (secondary N) is 2. The fourth-order valence-corrected chi connectivity index (χ4v) is 3.14. The van der Waals surface area contributed by atoms with E-state index in [0.29, 0.717) is 6.04 Å². The number of carbonyl (C=O) groups is 2. The van der Waals surface area contributed by atoms with E-state index in [1.165, 1.54) is 19.3 Å². The van der Waals surface area contributed by atoms with Crippen molar-refractivity contribution < 1.29 is 9.59 Å². The van der Waals surface area contributed by atoms with Crippen molar-refractivity contribution in [2.24, 2.45) is 5.41 Å². The highest BCUT2D eigenvalue weighted by Gasteiger charge is 2.28. The maximum atomic E-state index is 12.3. The van der Waals surface area contributed by atoms with Crippen molar-refractivity contribution in [3.63, 3.8) is 0 Å². The second-order valence-corrected chi connectivity index (χ2v) is 7.77. The van der Waals surface area contributed by atoms with Crippen LogP contribution in [0.2, 0.25) is 0 Å². The Morgan fingerprint density at radius 3 is 1.95 bits per heavy atom. The lowest BCUT2D eigenvalue weighted by Crippen LogP contribution is -2.52. The molecule has 3 amide bonds. The molecule has 5 heteroatoms. The van der Waals surface area contributed by atoms with Gasteiger partial charge in [0.05, 0.1) is 0 Å². The molecule has 1 aliphatic heterocycles. The summed E-state index contributed by atoms with van der Waals surface area (Å²) in [5.74, 6) is 0.0950. The number of urea groups is 1. The summed E-state index contributed by atoms with van der Waals surface area (Å²) in [4.78, 5) is 26.2. The fourth-order valence-electron chi connectivity index (χ4n) is 3.14. The summed E-state index contributed by atoms with van der Waals surface area (Å²) < 4.78 is 0. The Morgan fingerprint density at radius 1 is 0.864 bits per heavy atom. The summed E-state index contributed by atoms with van der Waals surface area (Å²) in [6.45, 7) is 7.24. The number of hydrogen-bond donors (Lipinski definition) is 2. The molecule has 126 valence electrons. The van der Waals surface area contributed by atoms with E-state index < -0.39 is 0 Å². The van der Waals surface area contributed by atoms with Crippen molar-refractivity contribution in [2.45, 2.75) is 77.8 Å². The summed E-state index contributed by atoms with van der Waals surface area (Å²) in [5.41, 5.74) is -0.352. The normalized spacial score (nSPS) is 21.5. The van der Waals surface area contributed by atoms with Crippen LogP contribution in [0, 0.1) is 5.41 Å². The molecule has 0 aromatic carbocycles. The van der Waals surface area contributed by atoms with Crippen LogP contribution in [0.25, 0.3) is 0 Å². The Labute approximate surface area is 134 Å². The van der Waals surface area contributed by atoms with Gasteiger partial charge in [0.15, 0.2) is 0 Å². The zero-order chi connectivity index (χ0) is 16.2. The van der Waals surface area contributed by atoms with Gasteiger partial charge < -0.3 is 15.5 Å². The summed E-state index contributed by atoms with van der Waals surface area (Å²) in [5, 5.41) is 6.27. The molecular formula is C17H31N3O2. The molecule has 2 rings (SSSR count). The Bertz CT molecular complexity index is 389. The minimum Gasteiger partial charge on any atom is -0.353 e. The zero-order valence-electron chi connectivity index (χ0n) is 14.3. The van der Waals surface area contributed by atoms with Gasteiger partial charge in [-0.2, -0.15) is 0 Å². The van der Waals surface area contributed by atoms with E-state index in [-0.39, 0.29) is 23.4 Å². The molecule has 2 aliphatic rings. The maximum Gasteiger partial charge on any atom is 0.317 e. The Kier molecular flexibility index (Phi) is 5.70. The first-order valence-corrected chi connectivity index (χ1v) is 8.72. The smallest absolute Gasteiger partial charge is 0.317 e.